The summed E-state index contributed by atoms with van der Waals surface area (Å²) in [6.45, 7) is 11.4. The summed E-state index contributed by atoms with van der Waals surface area (Å²) < 4.78 is 16.2. The Hall–Kier alpha value is -2.56. The van der Waals surface area contributed by atoms with Crippen LogP contribution in [-0.2, 0) is 9.47 Å². The van der Waals surface area contributed by atoms with Crippen LogP contribution in [0, 0.1) is 0 Å². The first-order chi connectivity index (χ1) is 12.3. The number of rotatable bonds is 8. The number of hydrogen-bond donors (Lipinski definition) is 0. The molecule has 0 N–H and O–H groups in total. The smallest absolute Gasteiger partial charge is 0.357 e. The van der Waals surface area contributed by atoms with Gasteiger partial charge in [-0.3, -0.25) is 0 Å². The van der Waals surface area contributed by atoms with E-state index in [0.717, 1.165) is 11.3 Å². The summed E-state index contributed by atoms with van der Waals surface area (Å²) in [5, 5.41) is 0. The second-order valence-electron chi connectivity index (χ2n) is 6.30. The van der Waals surface area contributed by atoms with Crippen molar-refractivity contribution in [2.24, 2.45) is 0 Å². The lowest BCUT2D eigenvalue weighted by Gasteiger charge is -2.11. The molecule has 0 unspecified atom stereocenters. The highest BCUT2D eigenvalue weighted by Crippen LogP contribution is 2.22. The second-order valence-corrected chi connectivity index (χ2v) is 6.30. The van der Waals surface area contributed by atoms with Crippen LogP contribution in [0.25, 0.3) is 5.57 Å². The summed E-state index contributed by atoms with van der Waals surface area (Å²) in [7, 11) is 1.55. The molecule has 0 spiro atoms. The van der Waals surface area contributed by atoms with Crippen LogP contribution in [0.5, 0.6) is 5.75 Å². The number of carbonyl (C=O) groups is 1. The molecule has 0 aromatic carbocycles. The SMILES string of the molecule is C\C=C/C(=C\C=C(/C)OC(C)C)c1cc(OC)cc(C(=O)OC(C)C)n1. The van der Waals surface area contributed by atoms with Gasteiger partial charge in [0.15, 0.2) is 5.69 Å². The summed E-state index contributed by atoms with van der Waals surface area (Å²) in [5.74, 6) is 0.861. The van der Waals surface area contributed by atoms with Crippen molar-refractivity contribution in [2.75, 3.05) is 7.11 Å². The van der Waals surface area contributed by atoms with Crippen LogP contribution in [-0.4, -0.2) is 30.3 Å². The number of pyridine rings is 1. The molecular weight excluding hydrogens is 330 g/mol. The topological polar surface area (TPSA) is 57.7 Å². The number of hydrogen-bond acceptors (Lipinski definition) is 5. The van der Waals surface area contributed by atoms with E-state index in [1.165, 1.54) is 0 Å². The maximum Gasteiger partial charge on any atom is 0.357 e. The molecule has 1 heterocycles. The van der Waals surface area contributed by atoms with Gasteiger partial charge in [-0.2, -0.15) is 0 Å². The van der Waals surface area contributed by atoms with Gasteiger partial charge in [0.25, 0.3) is 0 Å². The third-order valence-corrected chi connectivity index (χ3v) is 3.15. The molecule has 0 aliphatic rings. The first kappa shape index (κ1) is 21.5. The highest BCUT2D eigenvalue weighted by molar-refractivity contribution is 5.89. The van der Waals surface area contributed by atoms with Crippen molar-refractivity contribution < 1.29 is 19.0 Å². The van der Waals surface area contributed by atoms with Gasteiger partial charge in [-0.15, -0.1) is 0 Å². The summed E-state index contributed by atoms with van der Waals surface area (Å²) in [6.07, 6.45) is 7.49. The third-order valence-electron chi connectivity index (χ3n) is 3.15. The predicted molar refractivity (Wildman–Crippen MR) is 104 cm³/mol. The van der Waals surface area contributed by atoms with Crippen LogP contribution in [0.15, 0.2) is 42.2 Å². The Kier molecular flexibility index (Phi) is 8.62. The third kappa shape index (κ3) is 7.13. The van der Waals surface area contributed by atoms with E-state index in [-0.39, 0.29) is 17.9 Å². The van der Waals surface area contributed by atoms with E-state index >= 15 is 0 Å². The van der Waals surface area contributed by atoms with E-state index < -0.39 is 5.97 Å². The highest BCUT2D eigenvalue weighted by Gasteiger charge is 2.15. The van der Waals surface area contributed by atoms with Gasteiger partial charge < -0.3 is 14.2 Å². The Morgan fingerprint density at radius 1 is 1.04 bits per heavy atom. The van der Waals surface area contributed by atoms with Crippen molar-refractivity contribution in [1.29, 1.82) is 0 Å². The zero-order valence-electron chi connectivity index (χ0n) is 16.7. The van der Waals surface area contributed by atoms with E-state index in [2.05, 4.69) is 4.98 Å². The summed E-state index contributed by atoms with van der Waals surface area (Å²) in [6, 6.07) is 3.36. The molecule has 0 fully saturated rings. The van der Waals surface area contributed by atoms with E-state index in [4.69, 9.17) is 14.2 Å². The number of ether oxygens (including phenoxy) is 3. The normalized spacial score (nSPS) is 12.8. The van der Waals surface area contributed by atoms with Crippen molar-refractivity contribution in [2.45, 2.75) is 53.8 Å². The number of nitrogens with zero attached hydrogens (tertiary/aromatic N) is 1. The maximum absolute atomic E-state index is 12.2. The molecule has 1 aromatic heterocycles. The van der Waals surface area contributed by atoms with Crippen molar-refractivity contribution in [3.05, 3.63) is 53.6 Å². The van der Waals surface area contributed by atoms with E-state index in [0.29, 0.717) is 11.4 Å². The van der Waals surface area contributed by atoms with Gasteiger partial charge in [-0.1, -0.05) is 12.2 Å². The van der Waals surface area contributed by atoms with Gasteiger partial charge in [-0.25, -0.2) is 9.78 Å². The van der Waals surface area contributed by atoms with Crippen LogP contribution in [0.1, 0.15) is 57.7 Å². The molecule has 26 heavy (non-hydrogen) atoms. The number of methoxy groups -OCH3 is 1. The molecule has 0 aliphatic heterocycles. The first-order valence-corrected chi connectivity index (χ1v) is 8.72. The minimum absolute atomic E-state index is 0.108. The average molecular weight is 359 g/mol. The molecule has 0 saturated carbocycles. The van der Waals surface area contributed by atoms with Crippen molar-refractivity contribution in [3.63, 3.8) is 0 Å². The molecule has 5 heteroatoms. The van der Waals surface area contributed by atoms with Gasteiger partial charge >= 0.3 is 5.97 Å². The molecule has 5 nitrogen and oxygen atoms in total. The zero-order chi connectivity index (χ0) is 19.7. The monoisotopic (exact) mass is 359 g/mol. The average Bonchev–Trinajstić information content (AvgIpc) is 2.56. The van der Waals surface area contributed by atoms with Crippen molar-refractivity contribution in [3.8, 4) is 5.75 Å². The number of aromatic nitrogens is 1. The predicted octanol–water partition coefficient (Wildman–Crippen LogP) is 4.94. The first-order valence-electron chi connectivity index (χ1n) is 8.72. The number of allylic oxidation sites excluding steroid dienone is 6. The molecule has 1 aromatic rings. The fourth-order valence-electron chi connectivity index (χ4n) is 2.17. The Balaban J connectivity index is 3.31. The van der Waals surface area contributed by atoms with E-state index in [1.54, 1.807) is 33.1 Å². The largest absolute Gasteiger partial charge is 0.497 e. The summed E-state index contributed by atoms with van der Waals surface area (Å²) in [5.41, 5.74) is 1.66. The minimum atomic E-state index is -0.477. The molecular formula is C21H29NO4. The summed E-state index contributed by atoms with van der Waals surface area (Å²) in [4.78, 5) is 16.7. The van der Waals surface area contributed by atoms with E-state index in [1.807, 2.05) is 52.0 Å². The Morgan fingerprint density at radius 2 is 1.65 bits per heavy atom. The molecule has 1 rings (SSSR count). The Bertz CT molecular complexity index is 700. The number of esters is 1. The Morgan fingerprint density at radius 3 is 2.19 bits per heavy atom. The Labute approximate surface area is 156 Å². The molecule has 0 radical (unpaired) electrons. The molecule has 0 atom stereocenters. The van der Waals surface area contributed by atoms with Gasteiger partial charge in [-0.05, 0) is 53.7 Å². The van der Waals surface area contributed by atoms with E-state index in [9.17, 15) is 4.79 Å². The van der Waals surface area contributed by atoms with Crippen LogP contribution < -0.4 is 4.74 Å². The molecule has 0 bridgehead atoms. The lowest BCUT2D eigenvalue weighted by molar-refractivity contribution is 0.0370. The lowest BCUT2D eigenvalue weighted by atomic mass is 10.1. The maximum atomic E-state index is 12.2. The molecule has 142 valence electrons. The molecule has 0 aliphatic carbocycles. The van der Waals surface area contributed by atoms with Gasteiger partial charge in [0.05, 0.1) is 30.8 Å². The minimum Gasteiger partial charge on any atom is -0.497 e. The van der Waals surface area contributed by atoms with Crippen LogP contribution in [0.4, 0.5) is 0 Å². The van der Waals surface area contributed by atoms with Crippen LogP contribution >= 0.6 is 0 Å². The second kappa shape index (κ2) is 10.4. The van der Waals surface area contributed by atoms with Crippen molar-refractivity contribution >= 4 is 11.5 Å². The van der Waals surface area contributed by atoms with Crippen LogP contribution in [0.3, 0.4) is 0 Å². The lowest BCUT2D eigenvalue weighted by Crippen LogP contribution is -2.14. The fraction of sp³-hybridized carbons (Fsp3) is 0.429. The summed E-state index contributed by atoms with van der Waals surface area (Å²) >= 11 is 0. The molecule has 0 saturated heterocycles. The van der Waals surface area contributed by atoms with Crippen molar-refractivity contribution in [1.82, 2.24) is 4.98 Å². The highest BCUT2D eigenvalue weighted by atomic mass is 16.5. The number of carbonyl (C=O) groups excluding carboxylic acids is 1. The van der Waals surface area contributed by atoms with Crippen LogP contribution in [0.2, 0.25) is 0 Å². The fourth-order valence-corrected chi connectivity index (χ4v) is 2.17. The van der Waals surface area contributed by atoms with Gasteiger partial charge in [0.1, 0.15) is 5.75 Å². The van der Waals surface area contributed by atoms with Gasteiger partial charge in [0, 0.05) is 17.7 Å². The standard InChI is InChI=1S/C21H29NO4/c1-8-9-17(11-10-16(6)25-14(2)3)19-12-18(24-7)13-20(22-19)21(23)26-15(4)5/h8-15H,1-7H3/b9-8-,16-10+,17-11+. The zero-order valence-corrected chi connectivity index (χ0v) is 16.7. The molecule has 0 amide bonds. The van der Waals surface area contributed by atoms with Gasteiger partial charge in [0.2, 0.25) is 0 Å². The quantitative estimate of drug-likeness (QED) is 0.374.